The minimum atomic E-state index is -0.258. The summed E-state index contributed by atoms with van der Waals surface area (Å²) in [5.74, 6) is 0.835. The standard InChI is InChI=1S/C21H21N3O3/c1-3-12-24-20(13-8-10-14(27-2)11-9-13)17-18(22-23-19(17)21(24)26)15-6-4-5-7-16(15)25/h4-11,20,25H,3,12H2,1-2H3,(H,22,23)/t20-/m1/s1. The van der Waals surface area contributed by atoms with Gasteiger partial charge in [-0.05, 0) is 36.2 Å². The van der Waals surface area contributed by atoms with Crippen molar-refractivity contribution in [2.45, 2.75) is 19.4 Å². The first kappa shape index (κ1) is 17.1. The maximum absolute atomic E-state index is 13.0. The van der Waals surface area contributed by atoms with Crippen LogP contribution < -0.4 is 4.74 Å². The molecule has 2 aromatic carbocycles. The van der Waals surface area contributed by atoms with Gasteiger partial charge in [0.05, 0.1) is 13.2 Å². The minimum absolute atomic E-state index is 0.0677. The number of rotatable bonds is 5. The van der Waals surface area contributed by atoms with E-state index in [1.807, 2.05) is 48.2 Å². The highest BCUT2D eigenvalue weighted by atomic mass is 16.5. The van der Waals surface area contributed by atoms with Gasteiger partial charge in [0, 0.05) is 17.7 Å². The van der Waals surface area contributed by atoms with E-state index in [4.69, 9.17) is 4.74 Å². The number of hydrogen-bond acceptors (Lipinski definition) is 4. The number of aromatic hydroxyl groups is 1. The first-order chi connectivity index (χ1) is 13.2. The van der Waals surface area contributed by atoms with Gasteiger partial charge in [-0.3, -0.25) is 9.89 Å². The van der Waals surface area contributed by atoms with E-state index in [9.17, 15) is 9.90 Å². The lowest BCUT2D eigenvalue weighted by molar-refractivity contribution is 0.0744. The molecule has 1 aliphatic rings. The van der Waals surface area contributed by atoms with Crippen molar-refractivity contribution in [1.29, 1.82) is 0 Å². The van der Waals surface area contributed by atoms with Crippen LogP contribution in [0.5, 0.6) is 11.5 Å². The molecule has 138 valence electrons. The number of ether oxygens (including phenoxy) is 1. The van der Waals surface area contributed by atoms with Gasteiger partial charge in [0.1, 0.15) is 22.9 Å². The topological polar surface area (TPSA) is 78.5 Å². The molecule has 1 amide bonds. The van der Waals surface area contributed by atoms with E-state index in [-0.39, 0.29) is 17.7 Å². The Labute approximate surface area is 157 Å². The monoisotopic (exact) mass is 363 g/mol. The minimum Gasteiger partial charge on any atom is -0.507 e. The van der Waals surface area contributed by atoms with Gasteiger partial charge in [0.15, 0.2) is 0 Å². The van der Waals surface area contributed by atoms with E-state index in [0.29, 0.717) is 23.5 Å². The van der Waals surface area contributed by atoms with Crippen LogP contribution in [0, 0.1) is 0 Å². The van der Waals surface area contributed by atoms with Crippen molar-refractivity contribution in [1.82, 2.24) is 15.1 Å². The number of carbonyl (C=O) groups is 1. The summed E-state index contributed by atoms with van der Waals surface area (Å²) in [6, 6.07) is 14.5. The molecule has 0 spiro atoms. The van der Waals surface area contributed by atoms with Crippen LogP contribution in [0.25, 0.3) is 11.3 Å². The predicted octanol–water partition coefficient (Wildman–Crippen LogP) is 3.75. The Morgan fingerprint density at radius 3 is 2.59 bits per heavy atom. The van der Waals surface area contributed by atoms with Gasteiger partial charge in [0.25, 0.3) is 5.91 Å². The SMILES string of the molecule is CCCN1C(=O)c2[nH]nc(-c3ccccc3O)c2[C@H]1c1ccc(OC)cc1. The maximum atomic E-state index is 13.0. The summed E-state index contributed by atoms with van der Waals surface area (Å²) in [6.07, 6.45) is 0.849. The van der Waals surface area contributed by atoms with E-state index in [0.717, 1.165) is 23.3 Å². The summed E-state index contributed by atoms with van der Waals surface area (Å²) in [5, 5.41) is 17.6. The van der Waals surface area contributed by atoms with Crippen molar-refractivity contribution in [3.05, 3.63) is 65.4 Å². The molecule has 0 saturated heterocycles. The van der Waals surface area contributed by atoms with Crippen molar-refractivity contribution in [3.63, 3.8) is 0 Å². The predicted molar refractivity (Wildman–Crippen MR) is 102 cm³/mol. The van der Waals surface area contributed by atoms with Crippen LogP contribution in [0.3, 0.4) is 0 Å². The van der Waals surface area contributed by atoms with Crippen molar-refractivity contribution >= 4 is 5.91 Å². The van der Waals surface area contributed by atoms with Gasteiger partial charge in [-0.15, -0.1) is 0 Å². The second-order valence-electron chi connectivity index (χ2n) is 6.55. The van der Waals surface area contributed by atoms with E-state index in [1.54, 1.807) is 19.2 Å². The lowest BCUT2D eigenvalue weighted by atomic mass is 9.95. The van der Waals surface area contributed by atoms with Gasteiger partial charge < -0.3 is 14.7 Å². The first-order valence-electron chi connectivity index (χ1n) is 8.97. The number of hydrogen-bond donors (Lipinski definition) is 2. The Morgan fingerprint density at radius 1 is 1.19 bits per heavy atom. The van der Waals surface area contributed by atoms with Crippen LogP contribution in [0.1, 0.15) is 41.0 Å². The molecule has 1 aliphatic heterocycles. The Hall–Kier alpha value is -3.28. The maximum Gasteiger partial charge on any atom is 0.273 e. The normalized spacial score (nSPS) is 15.9. The average molecular weight is 363 g/mol. The number of H-pyrrole nitrogens is 1. The second kappa shape index (κ2) is 6.79. The summed E-state index contributed by atoms with van der Waals surface area (Å²) >= 11 is 0. The third kappa shape index (κ3) is 2.73. The molecule has 4 rings (SSSR count). The number of para-hydroxylation sites is 1. The van der Waals surface area contributed by atoms with E-state index in [2.05, 4.69) is 10.2 Å². The van der Waals surface area contributed by atoms with E-state index < -0.39 is 0 Å². The lowest BCUT2D eigenvalue weighted by Gasteiger charge is -2.26. The van der Waals surface area contributed by atoms with Gasteiger partial charge in [-0.25, -0.2) is 0 Å². The van der Waals surface area contributed by atoms with Gasteiger partial charge in [-0.2, -0.15) is 5.10 Å². The third-order valence-corrected chi connectivity index (χ3v) is 4.92. The molecule has 0 saturated carbocycles. The van der Waals surface area contributed by atoms with Crippen molar-refractivity contribution in [3.8, 4) is 22.8 Å². The molecular weight excluding hydrogens is 342 g/mol. The number of phenols is 1. The van der Waals surface area contributed by atoms with Crippen LogP contribution in [-0.2, 0) is 0 Å². The molecule has 0 radical (unpaired) electrons. The Balaban J connectivity index is 1.88. The number of methoxy groups -OCH3 is 1. The first-order valence-corrected chi connectivity index (χ1v) is 8.97. The van der Waals surface area contributed by atoms with E-state index in [1.165, 1.54) is 0 Å². The van der Waals surface area contributed by atoms with Crippen LogP contribution in [0.15, 0.2) is 48.5 Å². The number of aromatic nitrogens is 2. The Bertz CT molecular complexity index is 979. The molecule has 0 aliphatic carbocycles. The number of phenolic OH excluding ortho intramolecular Hbond substituents is 1. The molecule has 0 fully saturated rings. The van der Waals surface area contributed by atoms with Crippen molar-refractivity contribution in [2.24, 2.45) is 0 Å². The van der Waals surface area contributed by atoms with Gasteiger partial charge in [-0.1, -0.05) is 31.2 Å². The smallest absolute Gasteiger partial charge is 0.273 e. The second-order valence-corrected chi connectivity index (χ2v) is 6.55. The number of amides is 1. The molecular formula is C21H21N3O3. The number of nitrogens with one attached hydrogen (secondary N) is 1. The number of benzene rings is 2. The van der Waals surface area contributed by atoms with E-state index >= 15 is 0 Å². The lowest BCUT2D eigenvalue weighted by Crippen LogP contribution is -2.30. The molecule has 2 N–H and O–H groups in total. The fourth-order valence-electron chi connectivity index (χ4n) is 3.68. The average Bonchev–Trinajstić information content (AvgIpc) is 3.23. The molecule has 0 unspecified atom stereocenters. The summed E-state index contributed by atoms with van der Waals surface area (Å²) in [7, 11) is 1.63. The highest BCUT2D eigenvalue weighted by molar-refractivity contribution is 6.00. The molecule has 0 bridgehead atoms. The summed E-state index contributed by atoms with van der Waals surface area (Å²) in [4.78, 5) is 14.8. The molecule has 1 aromatic heterocycles. The molecule has 2 heterocycles. The highest BCUT2D eigenvalue weighted by Gasteiger charge is 2.42. The summed E-state index contributed by atoms with van der Waals surface area (Å²) < 4.78 is 5.26. The van der Waals surface area contributed by atoms with Gasteiger partial charge in [0.2, 0.25) is 0 Å². The number of aromatic amines is 1. The molecule has 6 heteroatoms. The molecule has 3 aromatic rings. The Kier molecular flexibility index (Phi) is 4.32. The summed E-state index contributed by atoms with van der Waals surface area (Å²) in [6.45, 7) is 2.69. The fraction of sp³-hybridized carbons (Fsp3) is 0.238. The molecule has 27 heavy (non-hydrogen) atoms. The van der Waals surface area contributed by atoms with Crippen molar-refractivity contribution in [2.75, 3.05) is 13.7 Å². The zero-order valence-corrected chi connectivity index (χ0v) is 15.3. The Morgan fingerprint density at radius 2 is 1.93 bits per heavy atom. The number of nitrogens with zero attached hydrogens (tertiary/aromatic N) is 2. The van der Waals surface area contributed by atoms with Crippen molar-refractivity contribution < 1.29 is 14.6 Å². The van der Waals surface area contributed by atoms with Crippen LogP contribution in [0.4, 0.5) is 0 Å². The highest BCUT2D eigenvalue weighted by Crippen LogP contribution is 2.44. The fourth-order valence-corrected chi connectivity index (χ4v) is 3.68. The number of fused-ring (bicyclic) bond motifs is 1. The van der Waals surface area contributed by atoms with Crippen LogP contribution in [0.2, 0.25) is 0 Å². The van der Waals surface area contributed by atoms with Crippen LogP contribution >= 0.6 is 0 Å². The number of carbonyl (C=O) groups excluding carboxylic acids is 1. The molecule has 1 atom stereocenters. The third-order valence-electron chi connectivity index (χ3n) is 4.92. The zero-order valence-electron chi connectivity index (χ0n) is 15.3. The van der Waals surface area contributed by atoms with Crippen LogP contribution in [-0.4, -0.2) is 39.8 Å². The zero-order chi connectivity index (χ0) is 19.0. The molecule has 6 nitrogen and oxygen atoms in total. The quantitative estimate of drug-likeness (QED) is 0.724. The summed E-state index contributed by atoms with van der Waals surface area (Å²) in [5.41, 5.74) is 3.49. The largest absolute Gasteiger partial charge is 0.507 e. The van der Waals surface area contributed by atoms with Gasteiger partial charge >= 0.3 is 0 Å².